The second-order valence-corrected chi connectivity index (χ2v) is 5.03. The highest BCUT2D eigenvalue weighted by Gasteiger charge is 2.17. The third-order valence-electron chi connectivity index (χ3n) is 3.27. The van der Waals surface area contributed by atoms with Crippen molar-refractivity contribution < 1.29 is 9.84 Å². The normalized spacial score (nSPS) is 21.8. The molecule has 0 radical (unpaired) electrons. The first-order valence-corrected chi connectivity index (χ1v) is 6.14. The molecule has 15 heavy (non-hydrogen) atoms. The molecule has 1 aliphatic rings. The Labute approximate surface area is 93.0 Å². The van der Waals surface area contributed by atoms with E-state index in [1.165, 1.54) is 25.7 Å². The second kappa shape index (κ2) is 6.46. The molecule has 0 bridgehead atoms. The molecule has 3 N–H and O–H groups in total. The summed E-state index contributed by atoms with van der Waals surface area (Å²) in [6.45, 7) is 3.77. The third-order valence-corrected chi connectivity index (χ3v) is 3.27. The van der Waals surface area contributed by atoms with Crippen LogP contribution in [0.1, 0.15) is 45.4 Å². The van der Waals surface area contributed by atoms with E-state index in [9.17, 15) is 5.11 Å². The van der Waals surface area contributed by atoms with Gasteiger partial charge in [-0.1, -0.05) is 12.8 Å². The molecule has 0 amide bonds. The first kappa shape index (κ1) is 12.9. The minimum atomic E-state index is -0.712. The van der Waals surface area contributed by atoms with Crippen molar-refractivity contribution in [3.63, 3.8) is 0 Å². The maximum atomic E-state index is 9.65. The fraction of sp³-hybridized carbons (Fsp3) is 1.00. The molecule has 0 heterocycles. The summed E-state index contributed by atoms with van der Waals surface area (Å²) in [6, 6.07) is 0. The average Bonchev–Trinajstić information content (AvgIpc) is 2.70. The van der Waals surface area contributed by atoms with Crippen LogP contribution in [0.2, 0.25) is 0 Å². The highest BCUT2D eigenvalue weighted by Crippen LogP contribution is 2.24. The molecule has 0 aromatic rings. The van der Waals surface area contributed by atoms with Crippen LogP contribution in [0.15, 0.2) is 0 Å². The molecule has 0 spiro atoms. The van der Waals surface area contributed by atoms with E-state index in [1.54, 1.807) is 6.92 Å². The van der Waals surface area contributed by atoms with Crippen molar-refractivity contribution in [3.05, 3.63) is 0 Å². The zero-order valence-corrected chi connectivity index (χ0v) is 9.87. The number of hydrogen-bond donors (Lipinski definition) is 2. The van der Waals surface area contributed by atoms with Gasteiger partial charge in [0.15, 0.2) is 0 Å². The van der Waals surface area contributed by atoms with Crippen molar-refractivity contribution in [1.82, 2.24) is 0 Å². The van der Waals surface area contributed by atoms with Crippen molar-refractivity contribution in [2.75, 3.05) is 19.8 Å². The van der Waals surface area contributed by atoms with E-state index in [0.717, 1.165) is 32.0 Å². The summed E-state index contributed by atoms with van der Waals surface area (Å²) in [5.74, 6) is 0.792. The molecule has 3 nitrogen and oxygen atoms in total. The minimum absolute atomic E-state index is 0.329. The van der Waals surface area contributed by atoms with Gasteiger partial charge in [0.05, 0.1) is 5.60 Å². The molecule has 1 saturated carbocycles. The lowest BCUT2D eigenvalue weighted by molar-refractivity contribution is 0.0385. The van der Waals surface area contributed by atoms with Crippen LogP contribution in [0.25, 0.3) is 0 Å². The van der Waals surface area contributed by atoms with Gasteiger partial charge in [-0.2, -0.15) is 0 Å². The topological polar surface area (TPSA) is 55.5 Å². The first-order valence-electron chi connectivity index (χ1n) is 6.14. The van der Waals surface area contributed by atoms with Crippen LogP contribution < -0.4 is 5.73 Å². The van der Waals surface area contributed by atoms with E-state index in [0.29, 0.717) is 6.54 Å². The Morgan fingerprint density at radius 3 is 2.67 bits per heavy atom. The van der Waals surface area contributed by atoms with E-state index in [1.807, 2.05) is 0 Å². The summed E-state index contributed by atoms with van der Waals surface area (Å²) < 4.78 is 5.61. The fourth-order valence-corrected chi connectivity index (χ4v) is 2.08. The Morgan fingerprint density at radius 1 is 1.40 bits per heavy atom. The molecule has 1 fully saturated rings. The number of rotatable bonds is 7. The zero-order chi connectivity index (χ0) is 11.1. The summed E-state index contributed by atoms with van der Waals surface area (Å²) in [6.07, 6.45) is 7.04. The quantitative estimate of drug-likeness (QED) is 0.635. The van der Waals surface area contributed by atoms with Gasteiger partial charge in [-0.25, -0.2) is 0 Å². The highest BCUT2D eigenvalue weighted by molar-refractivity contribution is 4.72. The number of ether oxygens (including phenoxy) is 1. The third kappa shape index (κ3) is 5.50. The molecule has 1 unspecified atom stereocenters. The molecule has 1 aliphatic carbocycles. The van der Waals surface area contributed by atoms with Crippen LogP contribution in [0, 0.1) is 5.92 Å². The van der Waals surface area contributed by atoms with E-state index >= 15 is 0 Å². The summed E-state index contributed by atoms with van der Waals surface area (Å²) in [7, 11) is 0. The van der Waals surface area contributed by atoms with Crippen molar-refractivity contribution in [1.29, 1.82) is 0 Å². The summed E-state index contributed by atoms with van der Waals surface area (Å²) in [5.41, 5.74) is 4.72. The van der Waals surface area contributed by atoms with Crippen LogP contribution in [0.5, 0.6) is 0 Å². The minimum Gasteiger partial charge on any atom is -0.389 e. The predicted octanol–water partition coefficient (Wildman–Crippen LogP) is 1.68. The number of hydrogen-bond acceptors (Lipinski definition) is 3. The van der Waals surface area contributed by atoms with Crippen molar-refractivity contribution in [2.24, 2.45) is 11.7 Å². The maximum absolute atomic E-state index is 9.65. The lowest BCUT2D eigenvalue weighted by atomic mass is 10.0. The Morgan fingerprint density at radius 2 is 2.07 bits per heavy atom. The predicted molar refractivity (Wildman–Crippen MR) is 61.7 cm³/mol. The van der Waals surface area contributed by atoms with Gasteiger partial charge in [0.2, 0.25) is 0 Å². The lowest BCUT2D eigenvalue weighted by Crippen LogP contribution is -2.34. The molecule has 0 aromatic heterocycles. The molecule has 3 heteroatoms. The van der Waals surface area contributed by atoms with Crippen molar-refractivity contribution in [2.45, 2.75) is 51.0 Å². The Kier molecular flexibility index (Phi) is 5.58. The van der Waals surface area contributed by atoms with Gasteiger partial charge in [-0.05, 0) is 38.5 Å². The van der Waals surface area contributed by atoms with Gasteiger partial charge in [0, 0.05) is 19.8 Å². The SMILES string of the molecule is CC(O)(CN)CCCOCC1CCCC1. The van der Waals surface area contributed by atoms with E-state index in [4.69, 9.17) is 10.5 Å². The molecule has 1 atom stereocenters. The summed E-state index contributed by atoms with van der Waals surface area (Å²) in [4.78, 5) is 0. The Balaban J connectivity index is 1.92. The van der Waals surface area contributed by atoms with Gasteiger partial charge in [0.1, 0.15) is 0 Å². The van der Waals surface area contributed by atoms with Crippen LogP contribution in [0.4, 0.5) is 0 Å². The Hall–Kier alpha value is -0.120. The molecule has 0 aromatic carbocycles. The second-order valence-electron chi connectivity index (χ2n) is 5.03. The van der Waals surface area contributed by atoms with Crippen molar-refractivity contribution in [3.8, 4) is 0 Å². The van der Waals surface area contributed by atoms with Crippen LogP contribution in [-0.2, 0) is 4.74 Å². The van der Waals surface area contributed by atoms with Gasteiger partial charge in [-0.3, -0.25) is 0 Å². The van der Waals surface area contributed by atoms with Crippen molar-refractivity contribution >= 4 is 0 Å². The van der Waals surface area contributed by atoms with Gasteiger partial charge < -0.3 is 15.6 Å². The monoisotopic (exact) mass is 215 g/mol. The van der Waals surface area contributed by atoms with E-state index < -0.39 is 5.60 Å². The van der Waals surface area contributed by atoms with E-state index in [2.05, 4.69) is 0 Å². The smallest absolute Gasteiger partial charge is 0.0742 e. The molecular formula is C12H25NO2. The molecule has 0 aliphatic heterocycles. The fourth-order valence-electron chi connectivity index (χ4n) is 2.08. The summed E-state index contributed by atoms with van der Waals surface area (Å²) in [5, 5.41) is 9.65. The summed E-state index contributed by atoms with van der Waals surface area (Å²) >= 11 is 0. The van der Waals surface area contributed by atoms with Crippen LogP contribution >= 0.6 is 0 Å². The highest BCUT2D eigenvalue weighted by atomic mass is 16.5. The zero-order valence-electron chi connectivity index (χ0n) is 9.87. The van der Waals surface area contributed by atoms with Crippen LogP contribution in [0.3, 0.4) is 0 Å². The van der Waals surface area contributed by atoms with Gasteiger partial charge in [0.25, 0.3) is 0 Å². The Bertz CT molecular complexity index is 165. The standard InChI is InChI=1S/C12H25NO2/c1-12(14,10-13)7-4-8-15-9-11-5-2-3-6-11/h11,14H,2-10,13H2,1H3. The molecule has 90 valence electrons. The number of aliphatic hydroxyl groups is 1. The average molecular weight is 215 g/mol. The largest absolute Gasteiger partial charge is 0.389 e. The van der Waals surface area contributed by atoms with E-state index in [-0.39, 0.29) is 0 Å². The molecular weight excluding hydrogens is 190 g/mol. The maximum Gasteiger partial charge on any atom is 0.0742 e. The molecule has 0 saturated heterocycles. The first-order chi connectivity index (χ1) is 7.14. The van der Waals surface area contributed by atoms with Gasteiger partial charge >= 0.3 is 0 Å². The number of nitrogens with two attached hydrogens (primary N) is 1. The van der Waals surface area contributed by atoms with Gasteiger partial charge in [-0.15, -0.1) is 0 Å². The lowest BCUT2D eigenvalue weighted by Gasteiger charge is -2.20. The van der Waals surface area contributed by atoms with Crippen LogP contribution in [-0.4, -0.2) is 30.5 Å². The molecule has 1 rings (SSSR count).